The van der Waals surface area contributed by atoms with Crippen molar-refractivity contribution in [3.8, 4) is 0 Å². The van der Waals surface area contributed by atoms with Gasteiger partial charge in [0.05, 0.1) is 11.6 Å². The first-order chi connectivity index (χ1) is 17.8. The van der Waals surface area contributed by atoms with Crippen LogP contribution in [0.25, 0.3) is 10.8 Å². The van der Waals surface area contributed by atoms with Crippen LogP contribution in [-0.4, -0.2) is 42.2 Å². The van der Waals surface area contributed by atoms with E-state index in [0.29, 0.717) is 5.71 Å². The van der Waals surface area contributed by atoms with Crippen LogP contribution in [0.5, 0.6) is 0 Å². The van der Waals surface area contributed by atoms with Gasteiger partial charge in [-0.25, -0.2) is 9.59 Å². The highest BCUT2D eigenvalue weighted by Gasteiger charge is 2.54. The minimum atomic E-state index is -1.76. The molecule has 3 aromatic rings. The molecule has 1 saturated heterocycles. The lowest BCUT2D eigenvalue weighted by atomic mass is 9.75. The molecule has 5 rings (SSSR count). The Morgan fingerprint density at radius 2 is 1.59 bits per heavy atom. The van der Waals surface area contributed by atoms with Gasteiger partial charge < -0.3 is 9.57 Å². The van der Waals surface area contributed by atoms with Crippen LogP contribution in [0, 0.1) is 11.3 Å². The third kappa shape index (κ3) is 4.22. The molecule has 9 nitrogen and oxygen atoms in total. The Balaban J connectivity index is 1.43. The molecule has 0 aliphatic carbocycles. The van der Waals surface area contributed by atoms with E-state index in [2.05, 4.69) is 15.8 Å². The van der Waals surface area contributed by atoms with Crippen LogP contribution < -0.4 is 10.6 Å². The standard InChI is InChI=1S/C28H25N3O6/c1-16(2)28(25(33)29-27(35)30-26(28)34)15-36-24(32)23-21(18-9-4-3-5-10-18)22(31-37-23)20-13-12-17-8-6-7-11-19(17)14-20/h3-14,16,21,23H,15H2,1-2H3,(H2,29,30,33,34,35)/t21-,23-/m1/s1. The number of nitrogens with one attached hydrogen (secondary N) is 2. The van der Waals surface area contributed by atoms with Crippen LogP contribution >= 0.6 is 0 Å². The lowest BCUT2D eigenvalue weighted by Gasteiger charge is -2.36. The fraction of sp³-hybridized carbons (Fsp3) is 0.250. The second-order valence-electron chi connectivity index (χ2n) is 9.42. The number of rotatable bonds is 6. The van der Waals surface area contributed by atoms with Gasteiger partial charge in [0.15, 0.2) is 5.41 Å². The fourth-order valence-electron chi connectivity index (χ4n) is 4.78. The molecule has 188 valence electrons. The number of esters is 1. The number of fused-ring (bicyclic) bond motifs is 1. The first kappa shape index (κ1) is 24.2. The van der Waals surface area contributed by atoms with E-state index in [1.165, 1.54) is 0 Å². The van der Waals surface area contributed by atoms with Crippen molar-refractivity contribution in [2.24, 2.45) is 16.5 Å². The minimum absolute atomic E-state index is 0.554. The van der Waals surface area contributed by atoms with Crippen molar-refractivity contribution in [2.75, 3.05) is 6.61 Å². The van der Waals surface area contributed by atoms with Gasteiger partial charge in [-0.3, -0.25) is 20.2 Å². The molecular weight excluding hydrogens is 474 g/mol. The molecule has 2 aliphatic rings. The largest absolute Gasteiger partial charge is 0.461 e. The minimum Gasteiger partial charge on any atom is -0.461 e. The number of hydrogen-bond donors (Lipinski definition) is 2. The van der Waals surface area contributed by atoms with E-state index in [1.807, 2.05) is 72.8 Å². The van der Waals surface area contributed by atoms with Gasteiger partial charge in [0.1, 0.15) is 6.61 Å². The molecule has 2 atom stereocenters. The molecular formula is C28H25N3O6. The molecule has 0 unspecified atom stereocenters. The summed E-state index contributed by atoms with van der Waals surface area (Å²) >= 11 is 0. The highest BCUT2D eigenvalue weighted by atomic mass is 16.7. The van der Waals surface area contributed by atoms with E-state index in [1.54, 1.807) is 13.8 Å². The second-order valence-corrected chi connectivity index (χ2v) is 9.42. The highest BCUT2D eigenvalue weighted by Crippen LogP contribution is 2.36. The molecule has 2 heterocycles. The van der Waals surface area contributed by atoms with E-state index in [-0.39, 0.29) is 0 Å². The van der Waals surface area contributed by atoms with Crippen molar-refractivity contribution >= 4 is 40.3 Å². The van der Waals surface area contributed by atoms with E-state index in [4.69, 9.17) is 9.57 Å². The number of ether oxygens (including phenoxy) is 1. The van der Waals surface area contributed by atoms with Gasteiger partial charge in [-0.15, -0.1) is 0 Å². The Kier molecular flexibility index (Phi) is 6.20. The van der Waals surface area contributed by atoms with Gasteiger partial charge in [-0.2, -0.15) is 0 Å². The van der Waals surface area contributed by atoms with Gasteiger partial charge in [-0.05, 0) is 28.3 Å². The number of hydrogen-bond acceptors (Lipinski definition) is 7. The zero-order valence-corrected chi connectivity index (χ0v) is 20.3. The average molecular weight is 500 g/mol. The normalized spacial score (nSPS) is 20.7. The Morgan fingerprint density at radius 3 is 2.27 bits per heavy atom. The number of barbiturate groups is 1. The average Bonchev–Trinajstić information content (AvgIpc) is 3.33. The molecule has 0 aromatic heterocycles. The number of carbonyl (C=O) groups excluding carboxylic acids is 4. The van der Waals surface area contributed by atoms with Crippen molar-refractivity contribution in [3.05, 3.63) is 83.9 Å². The summed E-state index contributed by atoms with van der Waals surface area (Å²) in [4.78, 5) is 56.0. The van der Waals surface area contributed by atoms with Crippen LogP contribution in [0.1, 0.15) is 30.9 Å². The van der Waals surface area contributed by atoms with Crippen LogP contribution in [0.3, 0.4) is 0 Å². The summed E-state index contributed by atoms with van der Waals surface area (Å²) in [5, 5.41) is 10.6. The number of benzene rings is 3. The number of amides is 4. The van der Waals surface area contributed by atoms with Crippen molar-refractivity contribution in [1.82, 2.24) is 10.6 Å². The van der Waals surface area contributed by atoms with Gasteiger partial charge >= 0.3 is 12.0 Å². The number of urea groups is 1. The number of oxime groups is 1. The van der Waals surface area contributed by atoms with E-state index >= 15 is 0 Å². The lowest BCUT2D eigenvalue weighted by Crippen LogP contribution is -2.66. The summed E-state index contributed by atoms with van der Waals surface area (Å²) in [6, 6.07) is 22.2. The zero-order valence-electron chi connectivity index (χ0n) is 20.3. The molecule has 1 fully saturated rings. The molecule has 2 aliphatic heterocycles. The van der Waals surface area contributed by atoms with Gasteiger partial charge in [-0.1, -0.05) is 85.7 Å². The first-order valence-electron chi connectivity index (χ1n) is 11.9. The SMILES string of the molecule is CC(C)C1(COC(=O)[C@@H]2ON=C(c3ccc4ccccc4c3)[C@H]2c2ccccc2)C(=O)NC(=O)NC1=O. The van der Waals surface area contributed by atoms with Gasteiger partial charge in [0.2, 0.25) is 17.9 Å². The number of nitrogens with zero attached hydrogens (tertiary/aromatic N) is 1. The molecule has 3 aromatic carbocycles. The Morgan fingerprint density at radius 1 is 0.946 bits per heavy atom. The van der Waals surface area contributed by atoms with Crippen LogP contribution in [-0.2, 0) is 24.0 Å². The molecule has 0 bridgehead atoms. The molecule has 0 saturated carbocycles. The fourth-order valence-corrected chi connectivity index (χ4v) is 4.78. The van der Waals surface area contributed by atoms with Crippen molar-refractivity contribution in [1.29, 1.82) is 0 Å². The monoisotopic (exact) mass is 499 g/mol. The van der Waals surface area contributed by atoms with Gasteiger partial charge in [0.25, 0.3) is 0 Å². The number of imide groups is 2. The lowest BCUT2D eigenvalue weighted by molar-refractivity contribution is -0.166. The molecule has 4 amide bonds. The summed E-state index contributed by atoms with van der Waals surface area (Å²) in [6.45, 7) is 2.73. The smallest absolute Gasteiger partial charge is 0.351 e. The molecule has 2 N–H and O–H groups in total. The molecule has 9 heteroatoms. The predicted molar refractivity (Wildman–Crippen MR) is 134 cm³/mol. The maximum atomic E-state index is 13.4. The van der Waals surface area contributed by atoms with Crippen molar-refractivity contribution in [2.45, 2.75) is 25.9 Å². The molecule has 0 spiro atoms. The predicted octanol–water partition coefficient (Wildman–Crippen LogP) is 3.28. The van der Waals surface area contributed by atoms with Gasteiger partial charge in [0, 0.05) is 5.56 Å². The first-order valence-corrected chi connectivity index (χ1v) is 11.9. The van der Waals surface area contributed by atoms with Crippen LogP contribution in [0.15, 0.2) is 78.0 Å². The molecule has 37 heavy (non-hydrogen) atoms. The Labute approximate surface area is 212 Å². The summed E-state index contributed by atoms with van der Waals surface area (Å²) in [5.41, 5.74) is 0.403. The topological polar surface area (TPSA) is 123 Å². The maximum absolute atomic E-state index is 13.4. The Bertz CT molecular complexity index is 1410. The van der Waals surface area contributed by atoms with Crippen molar-refractivity contribution in [3.63, 3.8) is 0 Å². The molecule has 0 radical (unpaired) electrons. The maximum Gasteiger partial charge on any atom is 0.351 e. The third-order valence-electron chi connectivity index (χ3n) is 6.99. The van der Waals surface area contributed by atoms with E-state index < -0.39 is 53.8 Å². The Hall–Kier alpha value is -4.53. The van der Waals surface area contributed by atoms with Crippen molar-refractivity contribution < 1.29 is 28.8 Å². The zero-order chi connectivity index (χ0) is 26.2. The highest BCUT2D eigenvalue weighted by molar-refractivity contribution is 6.19. The summed E-state index contributed by atoms with van der Waals surface area (Å²) in [6.07, 6.45) is -1.13. The summed E-state index contributed by atoms with van der Waals surface area (Å²) in [7, 11) is 0. The van der Waals surface area contributed by atoms with E-state index in [9.17, 15) is 19.2 Å². The quantitative estimate of drug-likeness (QED) is 0.396. The van der Waals surface area contributed by atoms with E-state index in [0.717, 1.165) is 21.9 Å². The third-order valence-corrected chi connectivity index (χ3v) is 6.99. The summed E-state index contributed by atoms with van der Waals surface area (Å²) < 4.78 is 5.54. The number of carbonyl (C=O) groups is 4. The van der Waals surface area contributed by atoms with Crippen LogP contribution in [0.4, 0.5) is 4.79 Å². The van der Waals surface area contributed by atoms with Crippen LogP contribution in [0.2, 0.25) is 0 Å². The summed E-state index contributed by atoms with van der Waals surface area (Å²) in [5.74, 6) is -3.55. The second kappa shape index (κ2) is 9.50.